The van der Waals surface area contributed by atoms with Crippen LogP contribution in [0.15, 0.2) is 0 Å². The fraction of sp³-hybridized carbons (Fsp3) is 0.667. The predicted octanol–water partition coefficient (Wildman–Crippen LogP) is -5.52. The minimum absolute atomic E-state index is 0.191. The lowest BCUT2D eigenvalue weighted by atomic mass is 10.1. The first-order valence-electron chi connectivity index (χ1n) is 5.70. The van der Waals surface area contributed by atoms with E-state index >= 15 is 0 Å². The van der Waals surface area contributed by atoms with E-state index in [2.05, 4.69) is 0 Å². The van der Waals surface area contributed by atoms with Crippen LogP contribution in [0.3, 0.4) is 0 Å². The monoisotopic (exact) mass is 326 g/mol. The van der Waals surface area contributed by atoms with E-state index in [1.807, 2.05) is 0 Å². The van der Waals surface area contributed by atoms with Crippen LogP contribution in [0, 0.1) is 0 Å². The Bertz CT molecular complexity index is 371. The molecule has 0 heterocycles. The summed E-state index contributed by atoms with van der Waals surface area (Å²) in [6, 6.07) is -2.07. The van der Waals surface area contributed by atoms with E-state index in [1.54, 1.807) is 0 Å². The number of aliphatic hydroxyl groups is 3. The highest BCUT2D eigenvalue weighted by Crippen LogP contribution is 2.13. The van der Waals surface area contributed by atoms with Crippen LogP contribution in [0.1, 0.15) is 0 Å². The van der Waals surface area contributed by atoms with E-state index in [0.717, 1.165) is 0 Å². The van der Waals surface area contributed by atoms with Crippen molar-refractivity contribution in [2.75, 3.05) is 0 Å². The molecule has 0 fully saturated rings. The summed E-state index contributed by atoms with van der Waals surface area (Å²) >= 11 is 0. The van der Waals surface area contributed by atoms with Crippen LogP contribution < -0.4 is 17.2 Å². The van der Waals surface area contributed by atoms with Gasteiger partial charge in [0.1, 0.15) is 12.3 Å². The summed E-state index contributed by atoms with van der Waals surface area (Å²) < 4.78 is 0. The lowest BCUT2D eigenvalue weighted by molar-refractivity contribution is -0.170. The molecule has 128 valence electrons. The summed E-state index contributed by atoms with van der Waals surface area (Å²) in [6.45, 7) is 0. The second-order valence-corrected chi connectivity index (χ2v) is 4.27. The van der Waals surface area contributed by atoms with Crippen molar-refractivity contribution in [3.63, 3.8) is 0 Å². The zero-order valence-corrected chi connectivity index (χ0v) is 11.1. The number of hydrogen-bond donors (Lipinski definition) is 9. The van der Waals surface area contributed by atoms with Crippen LogP contribution in [-0.4, -0.2) is 90.3 Å². The van der Waals surface area contributed by atoms with Crippen molar-refractivity contribution in [1.82, 2.24) is 4.90 Å². The summed E-state index contributed by atoms with van der Waals surface area (Å²) in [5.41, 5.74) is 15.8. The minimum atomic E-state index is -2.37. The molecule has 0 aromatic rings. The molecule has 6 unspecified atom stereocenters. The number of aliphatic hydroxyl groups excluding tert-OH is 3. The van der Waals surface area contributed by atoms with Crippen LogP contribution in [0.5, 0.6) is 0 Å². The van der Waals surface area contributed by atoms with E-state index in [4.69, 9.17) is 32.5 Å². The molecule has 22 heavy (non-hydrogen) atoms. The van der Waals surface area contributed by atoms with E-state index in [0.29, 0.717) is 0 Å². The smallest absolute Gasteiger partial charge is 0.335 e. The largest absolute Gasteiger partial charge is 0.480 e. The Morgan fingerprint density at radius 3 is 1.27 bits per heavy atom. The number of rotatable bonds is 9. The Kier molecular flexibility index (Phi) is 7.27. The topological polar surface area (TPSA) is 254 Å². The van der Waals surface area contributed by atoms with Crippen molar-refractivity contribution in [3.05, 3.63) is 0 Å². The first-order valence-corrected chi connectivity index (χ1v) is 5.70. The highest BCUT2D eigenvalue weighted by molar-refractivity contribution is 5.75. The molecule has 13 nitrogen and oxygen atoms in total. The Morgan fingerprint density at radius 2 is 1.05 bits per heavy atom. The number of carboxylic acid groups (broad SMARTS) is 3. The van der Waals surface area contributed by atoms with Crippen molar-refractivity contribution in [3.8, 4) is 0 Å². The molecule has 0 radical (unpaired) electrons. The fourth-order valence-corrected chi connectivity index (χ4v) is 1.48. The SMILES string of the molecule is NC(C(=O)O)C(O)N(C(N)C(O)C(=O)O)C(N)C(O)C(=O)O. The molecule has 12 N–H and O–H groups in total. The number of nitrogens with zero attached hydrogens (tertiary/aromatic N) is 1. The lowest BCUT2D eigenvalue weighted by Crippen LogP contribution is -2.69. The van der Waals surface area contributed by atoms with Crippen LogP contribution in [0.2, 0.25) is 0 Å². The van der Waals surface area contributed by atoms with Crippen LogP contribution in [0.4, 0.5) is 0 Å². The van der Waals surface area contributed by atoms with Crippen molar-refractivity contribution in [2.24, 2.45) is 17.2 Å². The number of aliphatic carboxylic acids is 3. The molecule has 0 aromatic carbocycles. The molecule has 13 heteroatoms. The van der Waals surface area contributed by atoms with Gasteiger partial charge in [-0.2, -0.15) is 0 Å². The average molecular weight is 326 g/mol. The summed E-state index contributed by atoms with van der Waals surface area (Å²) in [5.74, 6) is -5.46. The Morgan fingerprint density at radius 1 is 0.727 bits per heavy atom. The van der Waals surface area contributed by atoms with Gasteiger partial charge < -0.3 is 47.8 Å². The van der Waals surface area contributed by atoms with Gasteiger partial charge in [-0.1, -0.05) is 0 Å². The third-order valence-corrected chi connectivity index (χ3v) is 2.75. The van der Waals surface area contributed by atoms with E-state index in [9.17, 15) is 29.7 Å². The molecular weight excluding hydrogens is 308 g/mol. The van der Waals surface area contributed by atoms with Gasteiger partial charge in [0.15, 0.2) is 12.2 Å². The van der Waals surface area contributed by atoms with E-state index in [-0.39, 0.29) is 4.90 Å². The number of nitrogens with two attached hydrogens (primary N) is 3. The molecular formula is C9H18N4O9. The van der Waals surface area contributed by atoms with Gasteiger partial charge in [0.2, 0.25) is 0 Å². The second-order valence-electron chi connectivity index (χ2n) is 4.27. The quantitative estimate of drug-likeness (QED) is 0.179. The zero-order chi connectivity index (χ0) is 17.8. The number of carbonyl (C=O) groups is 3. The highest BCUT2D eigenvalue weighted by atomic mass is 16.4. The van der Waals surface area contributed by atoms with Gasteiger partial charge in [-0.3, -0.25) is 4.79 Å². The van der Waals surface area contributed by atoms with Gasteiger partial charge in [0.25, 0.3) is 0 Å². The molecule has 0 aromatic heterocycles. The molecule has 0 aliphatic rings. The molecule has 0 amide bonds. The third kappa shape index (κ3) is 4.57. The summed E-state index contributed by atoms with van der Waals surface area (Å²) in [6.07, 6.45) is -11.1. The maximum Gasteiger partial charge on any atom is 0.335 e. The maximum atomic E-state index is 10.7. The molecule has 6 atom stereocenters. The molecule has 0 spiro atoms. The first kappa shape index (κ1) is 20.1. The highest BCUT2D eigenvalue weighted by Gasteiger charge is 2.43. The van der Waals surface area contributed by atoms with E-state index < -0.39 is 54.7 Å². The van der Waals surface area contributed by atoms with Gasteiger partial charge in [0, 0.05) is 0 Å². The number of hydrogen-bond acceptors (Lipinski definition) is 10. The van der Waals surface area contributed by atoms with Crippen molar-refractivity contribution >= 4 is 17.9 Å². The molecule has 0 bridgehead atoms. The minimum Gasteiger partial charge on any atom is -0.480 e. The molecule has 0 aliphatic carbocycles. The van der Waals surface area contributed by atoms with Gasteiger partial charge >= 0.3 is 17.9 Å². The predicted molar refractivity (Wildman–Crippen MR) is 66.7 cm³/mol. The standard InChI is InChI=1S/C9H18N4O9/c10-1(7(17)18)6(16)13(4(11)2(14)8(19)20)5(12)3(15)9(21)22/h1-6,14-16H,10-12H2,(H,17,18)(H,19,20)(H,21,22). The van der Waals surface area contributed by atoms with Gasteiger partial charge in [-0.25, -0.2) is 14.5 Å². The summed E-state index contributed by atoms with van der Waals surface area (Å²) in [4.78, 5) is 32.3. The Labute approximate surface area is 123 Å². The average Bonchev–Trinajstić information content (AvgIpc) is 2.43. The zero-order valence-electron chi connectivity index (χ0n) is 11.1. The second kappa shape index (κ2) is 7.95. The van der Waals surface area contributed by atoms with Crippen LogP contribution >= 0.6 is 0 Å². The van der Waals surface area contributed by atoms with Gasteiger partial charge in [-0.05, 0) is 0 Å². The molecule has 0 aliphatic heterocycles. The Hall–Kier alpha value is -1.87. The van der Waals surface area contributed by atoms with E-state index in [1.165, 1.54) is 0 Å². The molecule has 0 rings (SSSR count). The normalized spacial score (nSPS) is 19.8. The Balaban J connectivity index is 5.61. The van der Waals surface area contributed by atoms with Crippen LogP contribution in [-0.2, 0) is 14.4 Å². The third-order valence-electron chi connectivity index (χ3n) is 2.75. The maximum absolute atomic E-state index is 10.7. The van der Waals surface area contributed by atoms with Crippen molar-refractivity contribution in [2.45, 2.75) is 36.8 Å². The fourth-order valence-electron chi connectivity index (χ4n) is 1.48. The summed E-state index contributed by atoms with van der Waals surface area (Å²) in [7, 11) is 0. The van der Waals surface area contributed by atoms with Crippen LogP contribution in [0.25, 0.3) is 0 Å². The molecule has 0 saturated heterocycles. The lowest BCUT2D eigenvalue weighted by Gasteiger charge is -2.40. The van der Waals surface area contributed by atoms with Gasteiger partial charge in [0.05, 0.1) is 12.3 Å². The first-order chi connectivity index (χ1) is 9.93. The van der Waals surface area contributed by atoms with Crippen molar-refractivity contribution in [1.29, 1.82) is 0 Å². The van der Waals surface area contributed by atoms with Crippen molar-refractivity contribution < 1.29 is 45.0 Å². The molecule has 0 saturated carbocycles. The number of carboxylic acids is 3. The van der Waals surface area contributed by atoms with Gasteiger partial charge in [-0.15, -0.1) is 0 Å². The summed E-state index contributed by atoms with van der Waals surface area (Å²) in [5, 5.41) is 54.5.